The summed E-state index contributed by atoms with van der Waals surface area (Å²) in [6, 6.07) is 16.9. The molecule has 1 heterocycles. The van der Waals surface area contributed by atoms with E-state index in [-0.39, 0.29) is 6.03 Å². The monoisotopic (exact) mass is 275 g/mol. The first-order chi connectivity index (χ1) is 10.3. The average molecular weight is 275 g/mol. The number of fused-ring (bicyclic) bond motifs is 1. The summed E-state index contributed by atoms with van der Waals surface area (Å²) < 4.78 is 1.49. The Kier molecular flexibility index (Phi) is 3.66. The lowest BCUT2D eigenvalue weighted by Gasteiger charge is -2.02. The van der Waals surface area contributed by atoms with E-state index in [1.807, 2.05) is 54.6 Å². The van der Waals surface area contributed by atoms with Gasteiger partial charge in [0.05, 0.1) is 17.6 Å². The highest BCUT2D eigenvalue weighted by atomic mass is 16.2. The van der Waals surface area contributed by atoms with Crippen molar-refractivity contribution in [2.24, 2.45) is 0 Å². The van der Waals surface area contributed by atoms with Gasteiger partial charge in [-0.1, -0.05) is 42.2 Å². The van der Waals surface area contributed by atoms with Crippen molar-refractivity contribution < 1.29 is 4.79 Å². The van der Waals surface area contributed by atoms with Gasteiger partial charge in [0.1, 0.15) is 6.33 Å². The molecule has 0 fully saturated rings. The van der Waals surface area contributed by atoms with Crippen LogP contribution in [0.2, 0.25) is 0 Å². The van der Waals surface area contributed by atoms with Crippen molar-refractivity contribution in [3.63, 3.8) is 0 Å². The van der Waals surface area contributed by atoms with Crippen LogP contribution in [0, 0.1) is 11.8 Å². The molecule has 0 aliphatic rings. The molecule has 0 radical (unpaired) electrons. The first kappa shape index (κ1) is 12.9. The second-order valence-electron chi connectivity index (χ2n) is 4.43. The zero-order valence-corrected chi connectivity index (χ0v) is 11.3. The number of benzene rings is 2. The van der Waals surface area contributed by atoms with Crippen molar-refractivity contribution >= 4 is 17.1 Å². The van der Waals surface area contributed by atoms with Gasteiger partial charge in [0.15, 0.2) is 0 Å². The lowest BCUT2D eigenvalue weighted by atomic mass is 10.2. The van der Waals surface area contributed by atoms with Crippen LogP contribution >= 0.6 is 0 Å². The number of carbonyl (C=O) groups is 1. The molecule has 0 unspecified atom stereocenters. The van der Waals surface area contributed by atoms with Crippen molar-refractivity contribution in [2.45, 2.75) is 0 Å². The number of hydrogen-bond acceptors (Lipinski definition) is 2. The molecule has 0 saturated heterocycles. The quantitative estimate of drug-likeness (QED) is 0.694. The van der Waals surface area contributed by atoms with Crippen molar-refractivity contribution in [1.82, 2.24) is 14.9 Å². The highest BCUT2D eigenvalue weighted by molar-refractivity contribution is 5.89. The smallest absolute Gasteiger partial charge is 0.326 e. The number of nitrogens with zero attached hydrogens (tertiary/aromatic N) is 2. The van der Waals surface area contributed by atoms with Crippen LogP contribution in [0.3, 0.4) is 0 Å². The third-order valence-corrected chi connectivity index (χ3v) is 3.01. The van der Waals surface area contributed by atoms with Gasteiger partial charge in [0, 0.05) is 5.56 Å². The number of aromatic nitrogens is 2. The Labute approximate surface area is 122 Å². The SMILES string of the molecule is O=C(NCC#Cc1ccccc1)n1cnc2ccccc21. The molecule has 0 aliphatic heterocycles. The van der Waals surface area contributed by atoms with Crippen molar-refractivity contribution in [1.29, 1.82) is 0 Å². The standard InChI is InChI=1S/C17H13N3O/c21-17(18-12-6-9-14-7-2-1-3-8-14)20-13-19-15-10-4-5-11-16(15)20/h1-5,7-8,10-11,13H,12H2,(H,18,21). The molecular formula is C17H13N3O. The van der Waals surface area contributed by atoms with E-state index in [0.29, 0.717) is 6.54 Å². The zero-order chi connectivity index (χ0) is 14.5. The largest absolute Gasteiger partial charge is 0.328 e. The van der Waals surface area contributed by atoms with E-state index in [1.165, 1.54) is 10.9 Å². The van der Waals surface area contributed by atoms with E-state index < -0.39 is 0 Å². The Morgan fingerprint density at radius 2 is 1.86 bits per heavy atom. The fraction of sp³-hybridized carbons (Fsp3) is 0.0588. The number of hydrogen-bond donors (Lipinski definition) is 1. The van der Waals surface area contributed by atoms with Crippen molar-refractivity contribution in [3.8, 4) is 11.8 Å². The predicted molar refractivity (Wildman–Crippen MR) is 81.8 cm³/mol. The molecule has 21 heavy (non-hydrogen) atoms. The summed E-state index contributed by atoms with van der Waals surface area (Å²) in [6.07, 6.45) is 1.52. The Morgan fingerprint density at radius 3 is 2.71 bits per heavy atom. The van der Waals surface area contributed by atoms with Gasteiger partial charge in [-0.05, 0) is 24.3 Å². The van der Waals surface area contributed by atoms with Gasteiger partial charge in [0.2, 0.25) is 0 Å². The molecule has 0 saturated carbocycles. The van der Waals surface area contributed by atoms with E-state index in [2.05, 4.69) is 22.1 Å². The number of nitrogens with one attached hydrogen (secondary N) is 1. The maximum atomic E-state index is 12.1. The summed E-state index contributed by atoms with van der Waals surface area (Å²) >= 11 is 0. The van der Waals surface area contributed by atoms with Gasteiger partial charge < -0.3 is 5.32 Å². The summed E-state index contributed by atoms with van der Waals surface area (Å²) in [7, 11) is 0. The number of carbonyl (C=O) groups excluding carboxylic acids is 1. The molecule has 0 spiro atoms. The Morgan fingerprint density at radius 1 is 1.10 bits per heavy atom. The van der Waals surface area contributed by atoms with Crippen LogP contribution < -0.4 is 5.32 Å². The molecule has 1 N–H and O–H groups in total. The summed E-state index contributed by atoms with van der Waals surface area (Å²) in [4.78, 5) is 16.3. The van der Waals surface area contributed by atoms with Gasteiger partial charge in [-0.3, -0.25) is 4.57 Å². The second-order valence-corrected chi connectivity index (χ2v) is 4.43. The first-order valence-electron chi connectivity index (χ1n) is 6.59. The molecule has 4 heteroatoms. The first-order valence-corrected chi connectivity index (χ1v) is 6.59. The van der Waals surface area contributed by atoms with E-state index in [4.69, 9.17) is 0 Å². The van der Waals surface area contributed by atoms with E-state index in [0.717, 1.165) is 16.6 Å². The molecule has 3 rings (SSSR count). The van der Waals surface area contributed by atoms with Crippen molar-refractivity contribution in [3.05, 3.63) is 66.5 Å². The maximum Gasteiger partial charge on any atom is 0.328 e. The normalized spacial score (nSPS) is 9.90. The van der Waals surface area contributed by atoms with Crippen LogP contribution in [0.4, 0.5) is 4.79 Å². The number of rotatable bonds is 1. The lowest BCUT2D eigenvalue weighted by molar-refractivity contribution is 0.244. The van der Waals surface area contributed by atoms with E-state index in [1.54, 1.807) is 0 Å². The minimum atomic E-state index is -0.230. The van der Waals surface area contributed by atoms with Crippen LogP contribution in [0.5, 0.6) is 0 Å². The molecule has 0 atom stereocenters. The summed E-state index contributed by atoms with van der Waals surface area (Å²) in [5, 5.41) is 2.76. The zero-order valence-electron chi connectivity index (χ0n) is 11.3. The molecule has 0 bridgehead atoms. The number of amides is 1. The number of imidazole rings is 1. The van der Waals surface area contributed by atoms with Gasteiger partial charge in [-0.2, -0.15) is 0 Å². The van der Waals surface area contributed by atoms with Crippen LogP contribution in [-0.4, -0.2) is 22.1 Å². The fourth-order valence-corrected chi connectivity index (χ4v) is 1.99. The summed E-state index contributed by atoms with van der Waals surface area (Å²) in [6.45, 7) is 0.292. The lowest BCUT2D eigenvalue weighted by Crippen LogP contribution is -2.28. The highest BCUT2D eigenvalue weighted by Gasteiger charge is 2.07. The molecule has 1 aromatic heterocycles. The molecule has 1 amide bonds. The molecule has 102 valence electrons. The molecule has 4 nitrogen and oxygen atoms in total. The van der Waals surface area contributed by atoms with Gasteiger partial charge >= 0.3 is 6.03 Å². The van der Waals surface area contributed by atoms with Crippen LogP contribution in [0.15, 0.2) is 60.9 Å². The van der Waals surface area contributed by atoms with Gasteiger partial charge in [-0.15, -0.1) is 0 Å². The van der Waals surface area contributed by atoms with Gasteiger partial charge in [-0.25, -0.2) is 9.78 Å². The molecular weight excluding hydrogens is 262 g/mol. The Balaban J connectivity index is 1.66. The second kappa shape index (κ2) is 5.93. The van der Waals surface area contributed by atoms with Crippen LogP contribution in [0.25, 0.3) is 11.0 Å². The Bertz CT molecular complexity index is 825. The highest BCUT2D eigenvalue weighted by Crippen LogP contribution is 2.10. The average Bonchev–Trinajstić information content (AvgIpc) is 2.96. The van der Waals surface area contributed by atoms with Crippen LogP contribution in [0.1, 0.15) is 5.56 Å². The molecule has 0 aliphatic carbocycles. The molecule has 2 aromatic carbocycles. The number of para-hydroxylation sites is 2. The minimum Gasteiger partial charge on any atom is -0.326 e. The van der Waals surface area contributed by atoms with Gasteiger partial charge in [0.25, 0.3) is 0 Å². The van der Waals surface area contributed by atoms with Crippen molar-refractivity contribution in [2.75, 3.05) is 6.54 Å². The topological polar surface area (TPSA) is 46.9 Å². The molecule has 3 aromatic rings. The summed E-state index contributed by atoms with van der Waals surface area (Å²) in [5.41, 5.74) is 2.51. The fourth-order valence-electron chi connectivity index (χ4n) is 1.99. The maximum absolute atomic E-state index is 12.1. The third kappa shape index (κ3) is 2.93. The minimum absolute atomic E-state index is 0.230. The summed E-state index contributed by atoms with van der Waals surface area (Å²) in [5.74, 6) is 5.92. The Hall–Kier alpha value is -3.06. The third-order valence-electron chi connectivity index (χ3n) is 3.01. The van der Waals surface area contributed by atoms with E-state index in [9.17, 15) is 4.79 Å². The van der Waals surface area contributed by atoms with Crippen LogP contribution in [-0.2, 0) is 0 Å². The predicted octanol–water partition coefficient (Wildman–Crippen LogP) is 2.65. The van der Waals surface area contributed by atoms with E-state index >= 15 is 0 Å².